The minimum Gasteiger partial charge on any atom is -0.481 e. The van der Waals surface area contributed by atoms with Crippen LogP contribution in [0.4, 0.5) is 5.82 Å². The molecule has 1 aliphatic rings. The number of fused-ring (bicyclic) bond motifs is 1. The largest absolute Gasteiger partial charge is 0.481 e. The molecule has 9 nitrogen and oxygen atoms in total. The average Bonchev–Trinajstić information content (AvgIpc) is 3.22. The number of nitrogens with one attached hydrogen (secondary N) is 1. The molecule has 2 N–H and O–H groups in total. The topological polar surface area (TPSA) is 111 Å². The molecule has 2 atom stereocenters. The predicted molar refractivity (Wildman–Crippen MR) is 132 cm³/mol. The molecule has 1 aliphatic heterocycles. The zero-order valence-corrected chi connectivity index (χ0v) is 20.5. The van der Waals surface area contributed by atoms with Gasteiger partial charge < -0.3 is 19.9 Å². The number of anilines is 1. The van der Waals surface area contributed by atoms with Crippen LogP contribution in [0.5, 0.6) is 11.8 Å². The van der Waals surface area contributed by atoms with Gasteiger partial charge in [-0.1, -0.05) is 19.1 Å². The Kier molecular flexibility index (Phi) is 7.84. The first-order chi connectivity index (χ1) is 17.0. The number of methoxy groups -OCH3 is 1. The number of aryl methyl sites for hydroxylation is 2. The molecule has 186 valence electrons. The van der Waals surface area contributed by atoms with Gasteiger partial charge >= 0.3 is 5.97 Å². The van der Waals surface area contributed by atoms with Crippen LogP contribution in [0, 0.1) is 5.92 Å². The molecule has 0 radical (unpaired) electrons. The van der Waals surface area contributed by atoms with E-state index < -0.39 is 11.9 Å². The second kappa shape index (κ2) is 11.2. The Bertz CT molecular complexity index is 1150. The second-order valence-electron chi connectivity index (χ2n) is 8.83. The van der Waals surface area contributed by atoms with Gasteiger partial charge in [0.15, 0.2) is 0 Å². The Balaban J connectivity index is 1.43. The Hall–Kier alpha value is -3.62. The fourth-order valence-electron chi connectivity index (χ4n) is 4.59. The molecule has 3 aromatic rings. The number of aromatic nitrogens is 4. The van der Waals surface area contributed by atoms with Gasteiger partial charge in [0, 0.05) is 50.0 Å². The maximum atomic E-state index is 12.0. The number of nitrogens with zero attached hydrogens (tertiary/aromatic N) is 4. The smallest absolute Gasteiger partial charge is 0.307 e. The highest BCUT2D eigenvalue weighted by molar-refractivity contribution is 5.71. The zero-order chi connectivity index (χ0) is 24.8. The summed E-state index contributed by atoms with van der Waals surface area (Å²) in [5.41, 5.74) is 3.88. The van der Waals surface area contributed by atoms with E-state index in [4.69, 9.17) is 14.5 Å². The van der Waals surface area contributed by atoms with Crippen LogP contribution in [0.15, 0.2) is 36.5 Å². The van der Waals surface area contributed by atoms with Crippen molar-refractivity contribution in [1.29, 1.82) is 0 Å². The van der Waals surface area contributed by atoms with E-state index in [0.29, 0.717) is 37.6 Å². The van der Waals surface area contributed by atoms with Gasteiger partial charge in [0.25, 0.3) is 0 Å². The van der Waals surface area contributed by atoms with Gasteiger partial charge in [0.1, 0.15) is 5.82 Å². The first-order valence-electron chi connectivity index (χ1n) is 12.1. The lowest BCUT2D eigenvalue weighted by atomic mass is 9.82. The summed E-state index contributed by atoms with van der Waals surface area (Å²) >= 11 is 0. The molecule has 35 heavy (non-hydrogen) atoms. The Labute approximate surface area is 205 Å². The van der Waals surface area contributed by atoms with Gasteiger partial charge in [-0.15, -0.1) is 0 Å². The van der Waals surface area contributed by atoms with Crippen molar-refractivity contribution in [3.05, 3.63) is 59.0 Å². The van der Waals surface area contributed by atoms with Crippen LogP contribution in [-0.4, -0.2) is 51.1 Å². The van der Waals surface area contributed by atoms with Gasteiger partial charge in [-0.05, 0) is 42.9 Å². The molecule has 0 bridgehead atoms. The SMILES string of the molecule is CCC(C(=O)O)C(Cc1cc(OCCc2ccc3c(n2)NCCC3)n(C)n1)c1ccc(OC)nc1. The van der Waals surface area contributed by atoms with Crippen molar-refractivity contribution in [1.82, 2.24) is 19.7 Å². The lowest BCUT2D eigenvalue weighted by Crippen LogP contribution is -2.23. The summed E-state index contributed by atoms with van der Waals surface area (Å²) in [6.45, 7) is 3.33. The molecule has 0 aliphatic carbocycles. The summed E-state index contributed by atoms with van der Waals surface area (Å²) in [7, 11) is 3.39. The third kappa shape index (κ3) is 5.90. The Morgan fingerprint density at radius 2 is 2.11 bits per heavy atom. The molecule has 3 aromatic heterocycles. The molecular weight excluding hydrogens is 446 g/mol. The lowest BCUT2D eigenvalue weighted by Gasteiger charge is -2.22. The molecule has 0 amide bonds. The number of carboxylic acid groups (broad SMARTS) is 1. The zero-order valence-electron chi connectivity index (χ0n) is 20.5. The maximum Gasteiger partial charge on any atom is 0.307 e. The summed E-state index contributed by atoms with van der Waals surface area (Å²) < 4.78 is 12.9. The highest BCUT2D eigenvalue weighted by Gasteiger charge is 2.29. The number of ether oxygens (including phenoxy) is 2. The van der Waals surface area contributed by atoms with Crippen LogP contribution < -0.4 is 14.8 Å². The van der Waals surface area contributed by atoms with Crippen molar-refractivity contribution in [2.45, 2.75) is 44.9 Å². The van der Waals surface area contributed by atoms with E-state index in [-0.39, 0.29) is 5.92 Å². The van der Waals surface area contributed by atoms with Crippen LogP contribution in [-0.2, 0) is 31.1 Å². The molecule has 2 unspecified atom stereocenters. The fourth-order valence-corrected chi connectivity index (χ4v) is 4.59. The van der Waals surface area contributed by atoms with Gasteiger partial charge in [0.2, 0.25) is 11.8 Å². The van der Waals surface area contributed by atoms with Gasteiger partial charge in [-0.2, -0.15) is 5.10 Å². The van der Waals surface area contributed by atoms with Gasteiger partial charge in [0.05, 0.1) is 25.3 Å². The summed E-state index contributed by atoms with van der Waals surface area (Å²) in [4.78, 5) is 21.0. The first kappa shape index (κ1) is 24.5. The highest BCUT2D eigenvalue weighted by Crippen LogP contribution is 2.32. The van der Waals surface area contributed by atoms with Crippen molar-refractivity contribution in [3.8, 4) is 11.8 Å². The van der Waals surface area contributed by atoms with E-state index in [2.05, 4.69) is 27.5 Å². The van der Waals surface area contributed by atoms with Crippen LogP contribution in [0.1, 0.15) is 48.2 Å². The normalized spacial score (nSPS) is 14.5. The summed E-state index contributed by atoms with van der Waals surface area (Å²) in [6.07, 6.45) is 5.56. The second-order valence-corrected chi connectivity index (χ2v) is 8.83. The lowest BCUT2D eigenvalue weighted by molar-refractivity contribution is -0.142. The number of carbonyl (C=O) groups is 1. The van der Waals surface area contributed by atoms with Crippen molar-refractivity contribution in [2.24, 2.45) is 13.0 Å². The molecule has 0 saturated carbocycles. The molecule has 0 fully saturated rings. The standard InChI is InChI=1S/C26H33N5O4/c1-4-21(26(32)33)22(18-8-10-23(34-3)28-16-18)14-20-15-24(31(2)30-20)35-13-11-19-9-7-17-6-5-12-27-25(17)29-19/h7-10,15-16,21-22H,4-6,11-14H2,1-3H3,(H,27,29)(H,32,33). The van der Waals surface area contributed by atoms with Crippen molar-refractivity contribution >= 4 is 11.8 Å². The average molecular weight is 480 g/mol. The molecule has 4 heterocycles. The van der Waals surface area contributed by atoms with Crippen LogP contribution in [0.2, 0.25) is 0 Å². The Morgan fingerprint density at radius 1 is 1.26 bits per heavy atom. The van der Waals surface area contributed by atoms with E-state index >= 15 is 0 Å². The molecular formula is C26H33N5O4. The number of carboxylic acids is 1. The van der Waals surface area contributed by atoms with Crippen molar-refractivity contribution < 1.29 is 19.4 Å². The number of pyridine rings is 2. The number of rotatable bonds is 11. The van der Waals surface area contributed by atoms with Gasteiger partial charge in [-0.25, -0.2) is 14.6 Å². The number of hydrogen-bond acceptors (Lipinski definition) is 7. The first-order valence-corrected chi connectivity index (χ1v) is 12.1. The van der Waals surface area contributed by atoms with Crippen molar-refractivity contribution in [3.63, 3.8) is 0 Å². The molecule has 0 spiro atoms. The maximum absolute atomic E-state index is 12.0. The summed E-state index contributed by atoms with van der Waals surface area (Å²) in [5.74, 6) is 0.470. The summed E-state index contributed by atoms with van der Waals surface area (Å²) in [5, 5.41) is 17.8. The third-order valence-corrected chi connectivity index (χ3v) is 6.52. The van der Waals surface area contributed by atoms with E-state index in [0.717, 1.165) is 42.2 Å². The van der Waals surface area contributed by atoms with Crippen molar-refractivity contribution in [2.75, 3.05) is 25.6 Å². The van der Waals surface area contributed by atoms with Crippen LogP contribution >= 0.6 is 0 Å². The van der Waals surface area contributed by atoms with E-state index in [9.17, 15) is 9.90 Å². The third-order valence-electron chi connectivity index (χ3n) is 6.52. The minimum atomic E-state index is -0.826. The minimum absolute atomic E-state index is 0.272. The quantitative estimate of drug-likeness (QED) is 0.429. The number of aliphatic carboxylic acids is 1. The molecule has 0 saturated heterocycles. The molecule has 9 heteroatoms. The fraction of sp³-hybridized carbons (Fsp3) is 0.462. The molecule has 0 aromatic carbocycles. The van der Waals surface area contributed by atoms with E-state index in [1.54, 1.807) is 24.1 Å². The Morgan fingerprint density at radius 3 is 2.83 bits per heavy atom. The highest BCUT2D eigenvalue weighted by atomic mass is 16.5. The summed E-state index contributed by atoms with van der Waals surface area (Å²) in [6, 6.07) is 9.73. The van der Waals surface area contributed by atoms with Crippen LogP contribution in [0.3, 0.4) is 0 Å². The van der Waals surface area contributed by atoms with Gasteiger partial charge in [-0.3, -0.25) is 4.79 Å². The molecule has 4 rings (SSSR count). The van der Waals surface area contributed by atoms with E-state index in [1.807, 2.05) is 26.1 Å². The monoisotopic (exact) mass is 479 g/mol. The van der Waals surface area contributed by atoms with Crippen LogP contribution in [0.25, 0.3) is 0 Å². The predicted octanol–water partition coefficient (Wildman–Crippen LogP) is 3.64. The van der Waals surface area contributed by atoms with E-state index in [1.165, 1.54) is 5.56 Å². The number of hydrogen-bond donors (Lipinski definition) is 2.